The van der Waals surface area contributed by atoms with E-state index in [-0.39, 0.29) is 0 Å². The zero-order valence-corrected chi connectivity index (χ0v) is 11.2. The summed E-state index contributed by atoms with van der Waals surface area (Å²) in [6, 6.07) is 9.21. The fraction of sp³-hybridized carbons (Fsp3) is 0.625. The molecule has 18 heavy (non-hydrogen) atoms. The van der Waals surface area contributed by atoms with Crippen molar-refractivity contribution in [2.45, 2.75) is 57.3 Å². The highest BCUT2D eigenvalue weighted by Crippen LogP contribution is 2.35. The van der Waals surface area contributed by atoms with E-state index < -0.39 is 0 Å². The molecule has 2 heteroatoms. The van der Waals surface area contributed by atoms with E-state index in [1.807, 2.05) is 0 Å². The molecule has 1 saturated carbocycles. The number of hydrogen-bond acceptors (Lipinski definition) is 2. The van der Waals surface area contributed by atoms with E-state index in [1.165, 1.54) is 30.4 Å². The fourth-order valence-corrected chi connectivity index (χ4v) is 3.09. The van der Waals surface area contributed by atoms with Crippen LogP contribution in [0.1, 0.15) is 49.8 Å². The van der Waals surface area contributed by atoms with E-state index >= 15 is 0 Å². The minimum absolute atomic E-state index is 0.366. The fourth-order valence-electron chi connectivity index (χ4n) is 3.09. The van der Waals surface area contributed by atoms with E-state index in [0.717, 1.165) is 19.4 Å². The first kappa shape index (κ1) is 12.2. The first-order valence-electron chi connectivity index (χ1n) is 7.35. The molecule has 1 fully saturated rings. The van der Waals surface area contributed by atoms with E-state index in [4.69, 9.17) is 4.74 Å². The summed E-state index contributed by atoms with van der Waals surface area (Å²) in [4.78, 5) is 0. The number of likely N-dealkylation sites (N-methyl/N-ethyl adjacent to an activating group) is 1. The zero-order valence-electron chi connectivity index (χ0n) is 11.2. The van der Waals surface area contributed by atoms with Crippen molar-refractivity contribution in [2.75, 3.05) is 6.54 Å². The van der Waals surface area contributed by atoms with Crippen LogP contribution < -0.4 is 5.32 Å². The van der Waals surface area contributed by atoms with Gasteiger partial charge in [0.2, 0.25) is 0 Å². The maximum absolute atomic E-state index is 6.29. The van der Waals surface area contributed by atoms with Gasteiger partial charge in [-0.05, 0) is 49.8 Å². The third-order valence-corrected chi connectivity index (χ3v) is 4.30. The number of nitrogens with one attached hydrogen (secondary N) is 1. The highest BCUT2D eigenvalue weighted by molar-refractivity contribution is 5.33. The Balaban J connectivity index is 1.78. The molecule has 0 spiro atoms. The third-order valence-electron chi connectivity index (χ3n) is 4.30. The van der Waals surface area contributed by atoms with Crippen molar-refractivity contribution in [3.8, 4) is 0 Å². The molecular weight excluding hydrogens is 222 g/mol. The third kappa shape index (κ3) is 2.32. The molecular formula is C16H23NO. The van der Waals surface area contributed by atoms with Crippen LogP contribution in [0.4, 0.5) is 0 Å². The molecule has 1 aromatic rings. The van der Waals surface area contributed by atoms with Gasteiger partial charge in [-0.1, -0.05) is 31.2 Å². The van der Waals surface area contributed by atoms with Crippen LogP contribution in [-0.2, 0) is 11.2 Å². The molecule has 0 aromatic heterocycles. The second-order valence-corrected chi connectivity index (χ2v) is 5.50. The number of rotatable bonds is 4. The molecule has 0 bridgehead atoms. The van der Waals surface area contributed by atoms with Gasteiger partial charge in [0.1, 0.15) is 0 Å². The van der Waals surface area contributed by atoms with Crippen molar-refractivity contribution < 1.29 is 4.74 Å². The SMILES string of the molecule is CCNC1c2ccccc2CCC1OC1CCC1. The summed E-state index contributed by atoms with van der Waals surface area (Å²) in [6.07, 6.45) is 7.08. The largest absolute Gasteiger partial charge is 0.373 e. The average molecular weight is 245 g/mol. The van der Waals surface area contributed by atoms with Gasteiger partial charge in [-0.3, -0.25) is 0 Å². The Labute approximate surface area is 110 Å². The van der Waals surface area contributed by atoms with Crippen molar-refractivity contribution in [1.82, 2.24) is 5.32 Å². The van der Waals surface area contributed by atoms with Crippen LogP contribution in [0.3, 0.4) is 0 Å². The standard InChI is InChI=1S/C16H23NO/c1-2-17-16-14-9-4-3-6-12(14)10-11-15(16)18-13-7-5-8-13/h3-4,6,9,13,15-17H,2,5,7-8,10-11H2,1H3. The van der Waals surface area contributed by atoms with Gasteiger partial charge >= 0.3 is 0 Å². The summed E-state index contributed by atoms with van der Waals surface area (Å²) in [6.45, 7) is 3.18. The molecule has 2 unspecified atom stereocenters. The van der Waals surface area contributed by atoms with Crippen LogP contribution in [0, 0.1) is 0 Å². The van der Waals surface area contributed by atoms with Crippen LogP contribution in [0.2, 0.25) is 0 Å². The minimum Gasteiger partial charge on any atom is -0.373 e. The van der Waals surface area contributed by atoms with Gasteiger partial charge < -0.3 is 10.1 Å². The lowest BCUT2D eigenvalue weighted by Gasteiger charge is -2.38. The minimum atomic E-state index is 0.366. The van der Waals surface area contributed by atoms with Gasteiger partial charge in [-0.2, -0.15) is 0 Å². The highest BCUT2D eigenvalue weighted by atomic mass is 16.5. The topological polar surface area (TPSA) is 21.3 Å². The monoisotopic (exact) mass is 245 g/mol. The maximum atomic E-state index is 6.29. The molecule has 0 radical (unpaired) electrons. The predicted octanol–water partition coefficient (Wildman–Crippen LogP) is 3.22. The normalized spacial score (nSPS) is 27.6. The molecule has 2 atom stereocenters. The quantitative estimate of drug-likeness (QED) is 0.879. The molecule has 0 aliphatic heterocycles. The van der Waals surface area contributed by atoms with Gasteiger partial charge in [0.25, 0.3) is 0 Å². The molecule has 2 aliphatic rings. The zero-order chi connectivity index (χ0) is 12.4. The lowest BCUT2D eigenvalue weighted by molar-refractivity contribution is -0.0725. The Morgan fingerprint density at radius 2 is 2.06 bits per heavy atom. The highest BCUT2D eigenvalue weighted by Gasteiger charge is 2.32. The molecule has 1 N–H and O–H groups in total. The Morgan fingerprint density at radius 3 is 2.78 bits per heavy atom. The summed E-state index contributed by atoms with van der Waals surface area (Å²) >= 11 is 0. The summed E-state index contributed by atoms with van der Waals surface area (Å²) in [5.74, 6) is 0. The number of ether oxygens (including phenoxy) is 1. The summed E-state index contributed by atoms with van der Waals surface area (Å²) in [7, 11) is 0. The van der Waals surface area contributed by atoms with Crippen LogP contribution >= 0.6 is 0 Å². The van der Waals surface area contributed by atoms with E-state index in [1.54, 1.807) is 0 Å². The van der Waals surface area contributed by atoms with E-state index in [9.17, 15) is 0 Å². The molecule has 1 aromatic carbocycles. The molecule has 0 amide bonds. The summed E-state index contributed by atoms with van der Waals surface area (Å²) in [5, 5.41) is 3.62. The molecule has 0 saturated heterocycles. The Bertz CT molecular complexity index is 400. The van der Waals surface area contributed by atoms with Gasteiger partial charge in [0.15, 0.2) is 0 Å². The average Bonchev–Trinajstić information content (AvgIpc) is 2.36. The predicted molar refractivity (Wildman–Crippen MR) is 73.7 cm³/mol. The van der Waals surface area contributed by atoms with Crippen LogP contribution in [-0.4, -0.2) is 18.8 Å². The van der Waals surface area contributed by atoms with Gasteiger partial charge in [-0.25, -0.2) is 0 Å². The second-order valence-electron chi connectivity index (χ2n) is 5.50. The van der Waals surface area contributed by atoms with Crippen molar-refractivity contribution in [2.24, 2.45) is 0 Å². The Hall–Kier alpha value is -0.860. The van der Waals surface area contributed by atoms with E-state index in [0.29, 0.717) is 18.2 Å². The molecule has 98 valence electrons. The van der Waals surface area contributed by atoms with Crippen molar-refractivity contribution in [3.05, 3.63) is 35.4 Å². The van der Waals surface area contributed by atoms with Crippen molar-refractivity contribution >= 4 is 0 Å². The molecule has 0 heterocycles. The summed E-state index contributed by atoms with van der Waals surface area (Å²) < 4.78 is 6.29. The Kier molecular flexibility index (Phi) is 3.67. The lowest BCUT2D eigenvalue weighted by atomic mass is 9.85. The van der Waals surface area contributed by atoms with Crippen molar-refractivity contribution in [3.63, 3.8) is 0 Å². The number of fused-ring (bicyclic) bond motifs is 1. The first-order valence-corrected chi connectivity index (χ1v) is 7.35. The van der Waals surface area contributed by atoms with E-state index in [2.05, 4.69) is 36.5 Å². The van der Waals surface area contributed by atoms with Crippen molar-refractivity contribution in [1.29, 1.82) is 0 Å². The summed E-state index contributed by atoms with van der Waals surface area (Å²) in [5.41, 5.74) is 2.95. The Morgan fingerprint density at radius 1 is 1.22 bits per heavy atom. The first-order chi connectivity index (χ1) is 8.88. The smallest absolute Gasteiger partial charge is 0.0776 e. The van der Waals surface area contributed by atoms with Gasteiger partial charge in [0.05, 0.1) is 18.2 Å². The van der Waals surface area contributed by atoms with Gasteiger partial charge in [-0.15, -0.1) is 0 Å². The molecule has 2 aliphatic carbocycles. The maximum Gasteiger partial charge on any atom is 0.0776 e. The van der Waals surface area contributed by atoms with Crippen LogP contribution in [0.15, 0.2) is 24.3 Å². The molecule has 2 nitrogen and oxygen atoms in total. The molecule has 3 rings (SSSR count). The van der Waals surface area contributed by atoms with Crippen LogP contribution in [0.5, 0.6) is 0 Å². The van der Waals surface area contributed by atoms with Gasteiger partial charge in [0, 0.05) is 0 Å². The van der Waals surface area contributed by atoms with Crippen LogP contribution in [0.25, 0.3) is 0 Å². The second kappa shape index (κ2) is 5.41. The number of hydrogen-bond donors (Lipinski definition) is 1. The lowest BCUT2D eigenvalue weighted by Crippen LogP contribution is -2.41. The number of benzene rings is 1. The number of aryl methyl sites for hydroxylation is 1.